The number of methoxy groups -OCH3 is 1. The molecule has 0 saturated heterocycles. The molecule has 0 aromatic heterocycles. The molecule has 1 aliphatic rings. The monoisotopic (exact) mass is 335 g/mol. The van der Waals surface area contributed by atoms with Crippen molar-refractivity contribution >= 4 is 24.2 Å². The summed E-state index contributed by atoms with van der Waals surface area (Å²) in [4.78, 5) is 23.3. The van der Waals surface area contributed by atoms with Crippen LogP contribution >= 0.6 is 12.4 Å². The quantitative estimate of drug-likeness (QED) is 0.547. The van der Waals surface area contributed by atoms with Crippen molar-refractivity contribution in [1.29, 1.82) is 0 Å². The molecule has 2 amide bonds. The zero-order chi connectivity index (χ0) is 15.5. The normalized spacial score (nSPS) is 16.5. The van der Waals surface area contributed by atoms with Gasteiger partial charge in [0.2, 0.25) is 11.8 Å². The molecule has 130 valence electrons. The van der Waals surface area contributed by atoms with Gasteiger partial charge in [-0.05, 0) is 18.8 Å². The van der Waals surface area contributed by atoms with Gasteiger partial charge in [-0.1, -0.05) is 19.3 Å². The Morgan fingerprint density at radius 1 is 1.14 bits per heavy atom. The predicted molar refractivity (Wildman–Crippen MR) is 88.9 cm³/mol. The van der Waals surface area contributed by atoms with Crippen molar-refractivity contribution in [3.8, 4) is 0 Å². The van der Waals surface area contributed by atoms with E-state index in [1.54, 1.807) is 0 Å². The van der Waals surface area contributed by atoms with Crippen molar-refractivity contribution < 1.29 is 14.3 Å². The van der Waals surface area contributed by atoms with Crippen LogP contribution in [0.15, 0.2) is 0 Å². The minimum atomic E-state index is -0.245. The molecule has 0 radical (unpaired) electrons. The second-order valence-electron chi connectivity index (χ2n) is 5.71. The second kappa shape index (κ2) is 12.7. The Morgan fingerprint density at radius 3 is 2.27 bits per heavy atom. The molecule has 0 aromatic rings. The van der Waals surface area contributed by atoms with Crippen molar-refractivity contribution in [3.05, 3.63) is 0 Å². The first-order chi connectivity index (χ1) is 10.2. The zero-order valence-corrected chi connectivity index (χ0v) is 14.3. The van der Waals surface area contributed by atoms with Crippen LogP contribution in [0.3, 0.4) is 0 Å². The van der Waals surface area contributed by atoms with Gasteiger partial charge in [0.05, 0.1) is 12.5 Å². The highest BCUT2D eigenvalue weighted by molar-refractivity contribution is 5.85. The van der Waals surface area contributed by atoms with Crippen LogP contribution < -0.4 is 16.4 Å². The molecule has 4 N–H and O–H groups in total. The molecule has 0 bridgehead atoms. The van der Waals surface area contributed by atoms with Gasteiger partial charge in [-0.25, -0.2) is 0 Å². The van der Waals surface area contributed by atoms with Crippen LogP contribution in [0.25, 0.3) is 0 Å². The lowest BCUT2D eigenvalue weighted by atomic mass is 9.87. The van der Waals surface area contributed by atoms with Crippen LogP contribution in [-0.4, -0.2) is 44.7 Å². The molecule has 0 aromatic carbocycles. The van der Waals surface area contributed by atoms with E-state index in [9.17, 15) is 9.59 Å². The predicted octanol–water partition coefficient (Wildman–Crippen LogP) is 0.975. The summed E-state index contributed by atoms with van der Waals surface area (Å²) >= 11 is 0. The number of nitrogens with one attached hydrogen (secondary N) is 2. The molecule has 0 heterocycles. The van der Waals surface area contributed by atoms with Gasteiger partial charge in [-0.2, -0.15) is 0 Å². The van der Waals surface area contributed by atoms with Gasteiger partial charge < -0.3 is 21.1 Å². The minimum Gasteiger partial charge on any atom is -0.380 e. The number of ether oxygens (including phenoxy) is 1. The maximum atomic E-state index is 11.8. The Balaban J connectivity index is 0.00000441. The first-order valence-corrected chi connectivity index (χ1v) is 7.92. The summed E-state index contributed by atoms with van der Waals surface area (Å²) in [5.74, 6) is 0.530. The number of halogens is 1. The molecule has 6 nitrogen and oxygen atoms in total. The van der Waals surface area contributed by atoms with Crippen molar-refractivity contribution in [2.24, 2.45) is 11.7 Å². The summed E-state index contributed by atoms with van der Waals surface area (Å²) < 4.78 is 5.04. The number of carbonyl (C=O) groups is 2. The molecule has 1 unspecified atom stereocenters. The molecule has 1 atom stereocenters. The average molecular weight is 336 g/mol. The zero-order valence-electron chi connectivity index (χ0n) is 13.4. The molecule has 0 spiro atoms. The van der Waals surface area contributed by atoms with Crippen molar-refractivity contribution in [2.75, 3.05) is 26.7 Å². The van der Waals surface area contributed by atoms with Crippen LogP contribution in [0.4, 0.5) is 0 Å². The Labute approximate surface area is 139 Å². The van der Waals surface area contributed by atoms with Gasteiger partial charge in [0.25, 0.3) is 0 Å². The van der Waals surface area contributed by atoms with Crippen LogP contribution in [-0.2, 0) is 14.3 Å². The smallest absolute Gasteiger partial charge is 0.222 e. The Bertz CT molecular complexity index is 319. The van der Waals surface area contributed by atoms with Gasteiger partial charge in [0.15, 0.2) is 0 Å². The summed E-state index contributed by atoms with van der Waals surface area (Å²) in [5.41, 5.74) is 5.45. The second-order valence-corrected chi connectivity index (χ2v) is 5.71. The van der Waals surface area contributed by atoms with E-state index in [4.69, 9.17) is 10.5 Å². The van der Waals surface area contributed by atoms with Gasteiger partial charge in [0, 0.05) is 33.2 Å². The molecular weight excluding hydrogens is 306 g/mol. The third-order valence-electron chi connectivity index (χ3n) is 3.98. The fraction of sp³-hybridized carbons (Fsp3) is 0.867. The molecule has 1 aliphatic carbocycles. The van der Waals surface area contributed by atoms with Crippen molar-refractivity contribution in [1.82, 2.24) is 10.6 Å². The van der Waals surface area contributed by atoms with E-state index in [0.29, 0.717) is 32.0 Å². The van der Waals surface area contributed by atoms with E-state index in [-0.39, 0.29) is 36.7 Å². The van der Waals surface area contributed by atoms with E-state index in [1.165, 1.54) is 39.2 Å². The molecule has 1 rings (SSSR count). The lowest BCUT2D eigenvalue weighted by Gasteiger charge is -2.20. The summed E-state index contributed by atoms with van der Waals surface area (Å²) in [6.45, 7) is 1.23. The highest BCUT2D eigenvalue weighted by atomic mass is 35.5. The average Bonchev–Trinajstić information content (AvgIpc) is 2.50. The Hall–Kier alpha value is -0.850. The largest absolute Gasteiger partial charge is 0.380 e. The first-order valence-electron chi connectivity index (χ1n) is 7.92. The summed E-state index contributed by atoms with van der Waals surface area (Å²) in [6.07, 6.45) is 6.76. The standard InChI is InChI=1S/C15H29N3O3.ClH/c1-21-13(11-16)10-15(20)18-8-7-17-14(19)9-12-5-3-2-4-6-12;/h12-13H,2-11,16H2,1H3,(H,17,19)(H,18,20);1H. The number of hydrogen-bond acceptors (Lipinski definition) is 4. The lowest BCUT2D eigenvalue weighted by molar-refractivity contribution is -0.124. The van der Waals surface area contributed by atoms with Crippen molar-refractivity contribution in [2.45, 2.75) is 51.0 Å². The SMILES string of the molecule is COC(CN)CC(=O)NCCNC(=O)CC1CCCCC1.Cl. The van der Waals surface area contributed by atoms with E-state index in [2.05, 4.69) is 10.6 Å². The third kappa shape index (κ3) is 9.23. The summed E-state index contributed by atoms with van der Waals surface area (Å²) in [7, 11) is 1.54. The molecule has 7 heteroatoms. The minimum absolute atomic E-state index is 0. The highest BCUT2D eigenvalue weighted by Gasteiger charge is 2.16. The summed E-state index contributed by atoms with van der Waals surface area (Å²) in [5, 5.41) is 5.61. The molecule has 1 fully saturated rings. The highest BCUT2D eigenvalue weighted by Crippen LogP contribution is 2.25. The van der Waals surface area contributed by atoms with Crippen molar-refractivity contribution in [3.63, 3.8) is 0 Å². The fourth-order valence-corrected chi connectivity index (χ4v) is 2.67. The van der Waals surface area contributed by atoms with E-state index < -0.39 is 0 Å². The molecular formula is C15H30ClN3O3. The Morgan fingerprint density at radius 2 is 1.73 bits per heavy atom. The van der Waals surface area contributed by atoms with Gasteiger partial charge >= 0.3 is 0 Å². The van der Waals surface area contributed by atoms with E-state index >= 15 is 0 Å². The van der Waals surface area contributed by atoms with Crippen LogP contribution in [0.1, 0.15) is 44.9 Å². The topological polar surface area (TPSA) is 93.4 Å². The molecule has 22 heavy (non-hydrogen) atoms. The number of carbonyl (C=O) groups excluding carboxylic acids is 2. The molecule has 0 aliphatic heterocycles. The van der Waals surface area contributed by atoms with E-state index in [1.807, 2.05) is 0 Å². The van der Waals surface area contributed by atoms with Gasteiger partial charge in [0.1, 0.15) is 0 Å². The lowest BCUT2D eigenvalue weighted by Crippen LogP contribution is -2.37. The molecule has 1 saturated carbocycles. The maximum absolute atomic E-state index is 11.8. The van der Waals surface area contributed by atoms with Crippen LogP contribution in [0.5, 0.6) is 0 Å². The van der Waals surface area contributed by atoms with Gasteiger partial charge in [-0.15, -0.1) is 12.4 Å². The van der Waals surface area contributed by atoms with Gasteiger partial charge in [-0.3, -0.25) is 9.59 Å². The summed E-state index contributed by atoms with van der Waals surface area (Å²) in [6, 6.07) is 0. The van der Waals surface area contributed by atoms with Crippen LogP contribution in [0.2, 0.25) is 0 Å². The number of hydrogen-bond donors (Lipinski definition) is 3. The Kier molecular flexibility index (Phi) is 12.2. The van der Waals surface area contributed by atoms with E-state index in [0.717, 1.165) is 0 Å². The number of rotatable bonds is 9. The maximum Gasteiger partial charge on any atom is 0.222 e. The van der Waals surface area contributed by atoms with Crippen LogP contribution in [0, 0.1) is 5.92 Å². The fourth-order valence-electron chi connectivity index (χ4n) is 2.67. The first kappa shape index (κ1) is 21.1. The third-order valence-corrected chi connectivity index (χ3v) is 3.98. The number of amides is 2. The number of nitrogens with two attached hydrogens (primary N) is 1.